The van der Waals surface area contributed by atoms with E-state index >= 15 is 0 Å². The Morgan fingerprint density at radius 1 is 1.44 bits per heavy atom. The molecule has 4 heteroatoms. The molecule has 2 aliphatic rings. The van der Waals surface area contributed by atoms with Crippen molar-refractivity contribution in [3.63, 3.8) is 0 Å². The fraction of sp³-hybridized carbons (Fsp3) is 0.500. The van der Waals surface area contributed by atoms with E-state index in [0.29, 0.717) is 24.3 Å². The van der Waals surface area contributed by atoms with Gasteiger partial charge in [0.05, 0.1) is 11.4 Å². The van der Waals surface area contributed by atoms with E-state index < -0.39 is 10.9 Å². The molecule has 2 unspecified atom stereocenters. The molecule has 1 aromatic rings. The molecule has 1 aromatic carbocycles. The molecular formula is C12H12F2OS. The molecule has 16 heavy (non-hydrogen) atoms. The van der Waals surface area contributed by atoms with Crippen molar-refractivity contribution < 1.29 is 13.5 Å². The van der Waals surface area contributed by atoms with Crippen LogP contribution in [0.1, 0.15) is 12.0 Å². The van der Waals surface area contributed by atoms with E-state index in [1.807, 2.05) is 6.07 Å². The summed E-state index contributed by atoms with van der Waals surface area (Å²) in [5.74, 6) is -0.224. The minimum absolute atomic E-state index is 0.141. The van der Waals surface area contributed by atoms with Gasteiger partial charge in [-0.2, -0.15) is 0 Å². The molecule has 3 rings (SSSR count). The zero-order valence-corrected chi connectivity index (χ0v) is 9.53. The fourth-order valence-corrected chi connectivity index (χ4v) is 3.88. The highest BCUT2D eigenvalue weighted by molar-refractivity contribution is 8.01. The zero-order chi connectivity index (χ0) is 11.2. The monoisotopic (exact) mass is 242 g/mol. The number of rotatable bonds is 0. The Balaban J connectivity index is 1.97. The van der Waals surface area contributed by atoms with Crippen LogP contribution in [-0.2, 0) is 11.2 Å². The van der Waals surface area contributed by atoms with Gasteiger partial charge in [0.1, 0.15) is 12.0 Å². The largest absolute Gasteiger partial charge is 0.378 e. The van der Waals surface area contributed by atoms with Gasteiger partial charge in [-0.25, -0.2) is 8.78 Å². The summed E-state index contributed by atoms with van der Waals surface area (Å²) in [6.45, 7) is 0.714. The van der Waals surface area contributed by atoms with Crippen molar-refractivity contribution in [2.24, 2.45) is 0 Å². The van der Waals surface area contributed by atoms with Gasteiger partial charge in [-0.05, 0) is 24.5 Å². The number of benzene rings is 1. The number of alkyl halides is 1. The molecule has 0 saturated carbocycles. The molecule has 2 aliphatic heterocycles. The van der Waals surface area contributed by atoms with E-state index in [-0.39, 0.29) is 12.4 Å². The van der Waals surface area contributed by atoms with Crippen molar-refractivity contribution in [2.45, 2.75) is 28.7 Å². The highest BCUT2D eigenvalue weighted by atomic mass is 32.2. The third kappa shape index (κ3) is 1.47. The number of hydrogen-bond donors (Lipinski definition) is 0. The Bertz CT molecular complexity index is 423. The van der Waals surface area contributed by atoms with Crippen LogP contribution in [0.2, 0.25) is 0 Å². The molecule has 1 saturated heterocycles. The second-order valence-electron chi connectivity index (χ2n) is 4.36. The fourth-order valence-electron chi connectivity index (χ4n) is 2.42. The topological polar surface area (TPSA) is 9.23 Å². The Labute approximate surface area is 97.2 Å². The summed E-state index contributed by atoms with van der Waals surface area (Å²) in [5.41, 5.74) is 0.939. The first-order valence-corrected chi connectivity index (χ1v) is 6.21. The summed E-state index contributed by atoms with van der Waals surface area (Å²) in [7, 11) is 0. The molecule has 1 spiro atoms. The zero-order valence-electron chi connectivity index (χ0n) is 8.71. The summed E-state index contributed by atoms with van der Waals surface area (Å²) < 4.78 is 32.2. The lowest BCUT2D eigenvalue weighted by Gasteiger charge is -2.35. The predicted octanol–water partition coefficient (Wildman–Crippen LogP) is 2.97. The highest BCUT2D eigenvalue weighted by Crippen LogP contribution is 2.52. The van der Waals surface area contributed by atoms with E-state index in [0.717, 1.165) is 5.56 Å². The number of ether oxygens (including phenoxy) is 1. The van der Waals surface area contributed by atoms with E-state index in [2.05, 4.69) is 0 Å². The van der Waals surface area contributed by atoms with Crippen LogP contribution >= 0.6 is 11.8 Å². The molecular weight excluding hydrogens is 230 g/mol. The molecule has 1 fully saturated rings. The van der Waals surface area contributed by atoms with Crippen molar-refractivity contribution >= 4 is 11.8 Å². The first-order chi connectivity index (χ1) is 7.71. The second-order valence-corrected chi connectivity index (χ2v) is 5.79. The molecule has 2 atom stereocenters. The van der Waals surface area contributed by atoms with Crippen LogP contribution < -0.4 is 0 Å². The van der Waals surface area contributed by atoms with Crippen molar-refractivity contribution in [1.29, 1.82) is 0 Å². The Kier molecular flexibility index (Phi) is 2.44. The molecule has 2 heterocycles. The highest BCUT2D eigenvalue weighted by Gasteiger charge is 2.47. The minimum atomic E-state index is -1.00. The Hall–Kier alpha value is -0.610. The van der Waals surface area contributed by atoms with Crippen molar-refractivity contribution in [2.75, 3.05) is 13.2 Å². The van der Waals surface area contributed by atoms with Crippen LogP contribution in [0, 0.1) is 5.82 Å². The SMILES string of the molecule is Fc1cccc2c1SC1(CCOCC1F)C2. The van der Waals surface area contributed by atoms with Gasteiger partial charge in [0.2, 0.25) is 0 Å². The average Bonchev–Trinajstić information content (AvgIpc) is 2.64. The summed E-state index contributed by atoms with van der Waals surface area (Å²) in [6.07, 6.45) is 0.278. The summed E-state index contributed by atoms with van der Waals surface area (Å²) >= 11 is 1.36. The van der Waals surface area contributed by atoms with Crippen molar-refractivity contribution in [3.8, 4) is 0 Å². The van der Waals surface area contributed by atoms with Gasteiger partial charge in [0.25, 0.3) is 0 Å². The minimum Gasteiger partial charge on any atom is -0.378 e. The van der Waals surface area contributed by atoms with Crippen LogP contribution in [0.25, 0.3) is 0 Å². The molecule has 0 aliphatic carbocycles. The molecule has 0 aromatic heterocycles. The quantitative estimate of drug-likeness (QED) is 0.691. The van der Waals surface area contributed by atoms with Crippen LogP contribution in [0.5, 0.6) is 0 Å². The molecule has 0 bridgehead atoms. The van der Waals surface area contributed by atoms with Gasteiger partial charge < -0.3 is 4.74 Å². The van der Waals surface area contributed by atoms with Crippen LogP contribution in [-0.4, -0.2) is 24.1 Å². The molecule has 86 valence electrons. The number of thioether (sulfide) groups is 1. The maximum absolute atomic E-state index is 14.0. The lowest BCUT2D eigenvalue weighted by molar-refractivity contribution is 0.0133. The van der Waals surface area contributed by atoms with E-state index in [9.17, 15) is 8.78 Å². The summed E-state index contributed by atoms with van der Waals surface area (Å²) in [6, 6.07) is 5.03. The summed E-state index contributed by atoms with van der Waals surface area (Å²) in [5, 5.41) is 0. The predicted molar refractivity (Wildman–Crippen MR) is 59.0 cm³/mol. The average molecular weight is 242 g/mol. The van der Waals surface area contributed by atoms with E-state index in [1.165, 1.54) is 17.8 Å². The van der Waals surface area contributed by atoms with Gasteiger partial charge in [0.15, 0.2) is 0 Å². The lowest BCUT2D eigenvalue weighted by Crippen LogP contribution is -2.44. The smallest absolute Gasteiger partial charge is 0.139 e. The molecule has 0 amide bonds. The summed E-state index contributed by atoms with van der Waals surface area (Å²) in [4.78, 5) is 0.632. The first-order valence-electron chi connectivity index (χ1n) is 5.39. The molecule has 0 radical (unpaired) electrons. The van der Waals surface area contributed by atoms with Crippen LogP contribution in [0.4, 0.5) is 8.78 Å². The third-order valence-electron chi connectivity index (χ3n) is 3.35. The van der Waals surface area contributed by atoms with Crippen molar-refractivity contribution in [3.05, 3.63) is 29.6 Å². The Morgan fingerprint density at radius 3 is 3.06 bits per heavy atom. The van der Waals surface area contributed by atoms with Gasteiger partial charge in [-0.1, -0.05) is 12.1 Å². The van der Waals surface area contributed by atoms with E-state index in [1.54, 1.807) is 6.07 Å². The number of halogens is 2. The van der Waals surface area contributed by atoms with Gasteiger partial charge >= 0.3 is 0 Å². The maximum atomic E-state index is 14.0. The maximum Gasteiger partial charge on any atom is 0.139 e. The second kappa shape index (κ2) is 3.70. The first kappa shape index (κ1) is 10.5. The Morgan fingerprint density at radius 2 is 2.31 bits per heavy atom. The van der Waals surface area contributed by atoms with Crippen LogP contribution in [0.3, 0.4) is 0 Å². The van der Waals surface area contributed by atoms with Crippen LogP contribution in [0.15, 0.2) is 23.1 Å². The van der Waals surface area contributed by atoms with Gasteiger partial charge in [0, 0.05) is 11.5 Å². The van der Waals surface area contributed by atoms with Gasteiger partial charge in [-0.15, -0.1) is 11.8 Å². The van der Waals surface area contributed by atoms with Gasteiger partial charge in [-0.3, -0.25) is 0 Å². The normalized spacial score (nSPS) is 33.0. The van der Waals surface area contributed by atoms with E-state index in [4.69, 9.17) is 4.74 Å². The molecule has 1 nitrogen and oxygen atoms in total. The van der Waals surface area contributed by atoms with Crippen molar-refractivity contribution in [1.82, 2.24) is 0 Å². The lowest BCUT2D eigenvalue weighted by atomic mass is 9.90. The third-order valence-corrected chi connectivity index (χ3v) is 5.02. The number of fused-ring (bicyclic) bond motifs is 1. The number of hydrogen-bond acceptors (Lipinski definition) is 2. The molecule has 0 N–H and O–H groups in total. The standard InChI is InChI=1S/C12H12F2OS/c13-9-3-1-2-8-6-12(16-11(8)9)4-5-15-7-10(12)14/h1-3,10H,4-7H2.